The van der Waals surface area contributed by atoms with Crippen LogP contribution in [0.2, 0.25) is 0 Å². The molecule has 9 heteroatoms. The van der Waals surface area contributed by atoms with Crippen molar-refractivity contribution < 1.29 is 19.0 Å². The van der Waals surface area contributed by atoms with Gasteiger partial charge in [-0.1, -0.05) is 47.7 Å². The first-order valence-corrected chi connectivity index (χ1v) is 11.5. The van der Waals surface area contributed by atoms with E-state index in [0.717, 1.165) is 21.0 Å². The highest BCUT2D eigenvalue weighted by Crippen LogP contribution is 2.28. The van der Waals surface area contributed by atoms with Gasteiger partial charge >= 0.3 is 6.09 Å². The largest absolute Gasteiger partial charge is 0.442 e. The average molecular weight is 467 g/mol. The maximum Gasteiger partial charge on any atom is 0.407 e. The molecular formula is C24H23FN4O3S. The fourth-order valence-electron chi connectivity index (χ4n) is 4.03. The number of nitrogens with one attached hydrogen (secondary N) is 2. The van der Waals surface area contributed by atoms with E-state index < -0.39 is 18.3 Å². The van der Waals surface area contributed by atoms with Crippen LogP contribution in [0, 0.1) is 5.82 Å². The molecule has 2 aromatic carbocycles. The standard InChI is InChI=1S/C24H23FN4O3S/c25-18-3-1-2-16(10-18)12-28-24(31)32-22-19(27-13-20(22)30)11-15-4-6-17(7-5-15)21-14-29-9-8-26-23(29)33-21/h1-10,14,19-20,22,27,30H,11-13H2,(H,28,31)/t19-,20+,22+/m1/s1. The summed E-state index contributed by atoms with van der Waals surface area (Å²) in [5.74, 6) is -0.363. The molecular weight excluding hydrogens is 443 g/mol. The average Bonchev–Trinajstić information content (AvgIpc) is 3.50. The van der Waals surface area contributed by atoms with Gasteiger partial charge in [-0.3, -0.25) is 4.40 Å². The lowest BCUT2D eigenvalue weighted by atomic mass is 10.0. The number of rotatable bonds is 6. The lowest BCUT2D eigenvalue weighted by Gasteiger charge is -2.22. The number of aliphatic hydroxyl groups excluding tert-OH is 1. The molecule has 0 spiro atoms. The number of alkyl carbamates (subject to hydrolysis) is 1. The predicted molar refractivity (Wildman–Crippen MR) is 124 cm³/mol. The monoisotopic (exact) mass is 466 g/mol. The van der Waals surface area contributed by atoms with E-state index in [0.29, 0.717) is 18.5 Å². The third kappa shape index (κ3) is 4.90. The lowest BCUT2D eigenvalue weighted by Crippen LogP contribution is -2.41. The summed E-state index contributed by atoms with van der Waals surface area (Å²) in [6.07, 6.45) is 4.25. The third-order valence-corrected chi connectivity index (χ3v) is 6.78. The van der Waals surface area contributed by atoms with Crippen LogP contribution in [-0.2, 0) is 17.7 Å². The van der Waals surface area contributed by atoms with Crippen molar-refractivity contribution in [3.05, 3.63) is 84.1 Å². The minimum atomic E-state index is -0.795. The zero-order chi connectivity index (χ0) is 22.8. The number of ether oxygens (including phenoxy) is 1. The van der Waals surface area contributed by atoms with E-state index in [1.807, 2.05) is 22.7 Å². The molecule has 4 aromatic rings. The number of halogens is 1. The molecule has 7 nitrogen and oxygen atoms in total. The Bertz CT molecular complexity index is 1230. The van der Waals surface area contributed by atoms with Crippen LogP contribution in [0.1, 0.15) is 11.1 Å². The van der Waals surface area contributed by atoms with E-state index in [-0.39, 0.29) is 18.4 Å². The molecule has 0 unspecified atom stereocenters. The number of thiazole rings is 1. The third-order valence-electron chi connectivity index (χ3n) is 5.72. The van der Waals surface area contributed by atoms with E-state index in [1.54, 1.807) is 29.7 Å². The molecule has 1 amide bonds. The number of β-amino-alcohol motifs (C(OH)–C–C–N with tert-alkyl or cyclic N) is 1. The fraction of sp³-hybridized carbons (Fsp3) is 0.250. The van der Waals surface area contributed by atoms with Crippen molar-refractivity contribution in [1.82, 2.24) is 20.0 Å². The Morgan fingerprint density at radius 3 is 2.91 bits per heavy atom. The van der Waals surface area contributed by atoms with Crippen LogP contribution in [0.15, 0.2) is 67.1 Å². The van der Waals surface area contributed by atoms with E-state index in [1.165, 1.54) is 12.1 Å². The molecule has 1 fully saturated rings. The van der Waals surface area contributed by atoms with Gasteiger partial charge < -0.3 is 20.5 Å². The van der Waals surface area contributed by atoms with E-state index in [9.17, 15) is 14.3 Å². The number of carbonyl (C=O) groups excluding carboxylic acids is 1. The maximum atomic E-state index is 13.3. The molecule has 1 saturated heterocycles. The number of hydrogen-bond acceptors (Lipinski definition) is 6. The van der Waals surface area contributed by atoms with Crippen molar-refractivity contribution in [3.63, 3.8) is 0 Å². The summed E-state index contributed by atoms with van der Waals surface area (Å²) in [5.41, 5.74) is 2.81. The lowest BCUT2D eigenvalue weighted by molar-refractivity contribution is 0.0188. The number of amides is 1. The SMILES string of the molecule is O=C(NCc1cccc(F)c1)O[C@@H]1[C@@H](O)CN[C@@H]1Cc1ccc(-c2cn3ccnc3s2)cc1. The van der Waals surface area contributed by atoms with Gasteiger partial charge in [0.1, 0.15) is 18.0 Å². The van der Waals surface area contributed by atoms with Crippen molar-refractivity contribution in [3.8, 4) is 10.4 Å². The van der Waals surface area contributed by atoms with Crippen LogP contribution in [0.3, 0.4) is 0 Å². The Hall–Kier alpha value is -3.27. The number of aliphatic hydroxyl groups is 1. The van der Waals surface area contributed by atoms with Gasteiger partial charge in [-0.15, -0.1) is 0 Å². The van der Waals surface area contributed by atoms with Gasteiger partial charge in [0.25, 0.3) is 0 Å². The summed E-state index contributed by atoms with van der Waals surface area (Å²) in [6, 6.07) is 14.0. The fourth-order valence-corrected chi connectivity index (χ4v) is 4.98. The van der Waals surface area contributed by atoms with E-state index in [4.69, 9.17) is 4.74 Å². The van der Waals surface area contributed by atoms with Crippen molar-refractivity contribution in [2.45, 2.75) is 31.2 Å². The Kier molecular flexibility index (Phi) is 6.08. The highest BCUT2D eigenvalue weighted by molar-refractivity contribution is 7.20. The van der Waals surface area contributed by atoms with Crippen molar-refractivity contribution in [2.75, 3.05) is 6.54 Å². The van der Waals surface area contributed by atoms with Gasteiger partial charge in [0, 0.05) is 31.7 Å². The summed E-state index contributed by atoms with van der Waals surface area (Å²) in [6.45, 7) is 0.492. The molecule has 0 radical (unpaired) electrons. The van der Waals surface area contributed by atoms with E-state index >= 15 is 0 Å². The van der Waals surface area contributed by atoms with Crippen molar-refractivity contribution in [2.24, 2.45) is 0 Å². The number of hydrogen-bond donors (Lipinski definition) is 3. The highest BCUT2D eigenvalue weighted by Gasteiger charge is 2.37. The summed E-state index contributed by atoms with van der Waals surface area (Å²) < 4.78 is 20.8. The van der Waals surface area contributed by atoms with Gasteiger partial charge in [-0.2, -0.15) is 0 Å². The molecule has 1 aliphatic heterocycles. The quantitative estimate of drug-likeness (QED) is 0.406. The van der Waals surface area contributed by atoms with Gasteiger partial charge in [0.15, 0.2) is 4.96 Å². The molecule has 3 heterocycles. The number of nitrogens with zero attached hydrogens (tertiary/aromatic N) is 2. The Morgan fingerprint density at radius 2 is 2.12 bits per heavy atom. The van der Waals surface area contributed by atoms with Crippen molar-refractivity contribution in [1.29, 1.82) is 0 Å². The zero-order valence-corrected chi connectivity index (χ0v) is 18.5. The molecule has 3 N–H and O–H groups in total. The molecule has 170 valence electrons. The number of aromatic nitrogens is 2. The Labute approximate surface area is 193 Å². The Morgan fingerprint density at radius 1 is 1.27 bits per heavy atom. The minimum absolute atomic E-state index is 0.145. The summed E-state index contributed by atoms with van der Waals surface area (Å²) in [4.78, 5) is 18.7. The molecule has 1 aliphatic rings. The molecule has 33 heavy (non-hydrogen) atoms. The van der Waals surface area contributed by atoms with E-state index in [2.05, 4.69) is 33.9 Å². The van der Waals surface area contributed by atoms with Gasteiger partial charge in [0.2, 0.25) is 0 Å². The second-order valence-corrected chi connectivity index (χ2v) is 9.06. The van der Waals surface area contributed by atoms with Crippen LogP contribution in [0.25, 0.3) is 15.4 Å². The first-order chi connectivity index (χ1) is 16.0. The second kappa shape index (κ2) is 9.30. The second-order valence-electron chi connectivity index (χ2n) is 8.05. The zero-order valence-electron chi connectivity index (χ0n) is 17.6. The maximum absolute atomic E-state index is 13.3. The molecule has 0 bridgehead atoms. The molecule has 3 atom stereocenters. The van der Waals surface area contributed by atoms with Crippen LogP contribution >= 0.6 is 11.3 Å². The van der Waals surface area contributed by atoms with Gasteiger partial charge in [-0.05, 0) is 35.2 Å². The number of benzene rings is 2. The van der Waals surface area contributed by atoms with Gasteiger partial charge in [-0.25, -0.2) is 14.2 Å². The molecule has 5 rings (SSSR count). The Balaban J connectivity index is 1.19. The first kappa shape index (κ1) is 21.6. The summed E-state index contributed by atoms with van der Waals surface area (Å²) in [7, 11) is 0. The molecule has 0 saturated carbocycles. The predicted octanol–water partition coefficient (Wildman–Crippen LogP) is 3.37. The topological polar surface area (TPSA) is 87.9 Å². The highest BCUT2D eigenvalue weighted by atomic mass is 32.1. The number of imidazole rings is 1. The first-order valence-electron chi connectivity index (χ1n) is 10.7. The molecule has 0 aliphatic carbocycles. The number of carbonyl (C=O) groups is 1. The summed E-state index contributed by atoms with van der Waals surface area (Å²) >= 11 is 1.63. The van der Waals surface area contributed by atoms with Crippen LogP contribution < -0.4 is 10.6 Å². The molecule has 2 aromatic heterocycles. The van der Waals surface area contributed by atoms with Crippen molar-refractivity contribution >= 4 is 22.4 Å². The summed E-state index contributed by atoms with van der Waals surface area (Å²) in [5, 5.41) is 16.2. The normalized spacial score (nSPS) is 20.2. The van der Waals surface area contributed by atoms with Gasteiger partial charge in [0.05, 0.1) is 10.9 Å². The smallest absolute Gasteiger partial charge is 0.407 e. The number of fused-ring (bicyclic) bond motifs is 1. The van der Waals surface area contributed by atoms with Crippen LogP contribution in [0.5, 0.6) is 0 Å². The minimum Gasteiger partial charge on any atom is -0.442 e. The van der Waals surface area contributed by atoms with Crippen LogP contribution in [0.4, 0.5) is 9.18 Å². The van der Waals surface area contributed by atoms with Crippen LogP contribution in [-0.4, -0.2) is 45.4 Å².